The Morgan fingerprint density at radius 1 is 1.12 bits per heavy atom. The molecule has 1 aromatic rings. The molecule has 3 unspecified atom stereocenters. The lowest BCUT2D eigenvalue weighted by molar-refractivity contribution is 0.318. The smallest absolute Gasteiger partial charge is 0.0205 e. The van der Waals surface area contributed by atoms with E-state index in [0.29, 0.717) is 0 Å². The van der Waals surface area contributed by atoms with Gasteiger partial charge in [-0.2, -0.15) is 0 Å². The molecule has 2 aliphatic rings. The third-order valence-electron chi connectivity index (χ3n) is 4.74. The van der Waals surface area contributed by atoms with Crippen LogP contribution in [-0.4, -0.2) is 6.54 Å². The zero-order valence-corrected chi connectivity index (χ0v) is 10.8. The van der Waals surface area contributed by atoms with Gasteiger partial charge in [-0.1, -0.05) is 36.2 Å². The summed E-state index contributed by atoms with van der Waals surface area (Å²) in [5, 5.41) is 3.65. The maximum Gasteiger partial charge on any atom is 0.0205 e. The average molecular weight is 229 g/mol. The van der Waals surface area contributed by atoms with Crippen molar-refractivity contribution in [2.75, 3.05) is 6.54 Å². The molecule has 92 valence electrons. The van der Waals surface area contributed by atoms with Crippen LogP contribution in [0.25, 0.3) is 0 Å². The van der Waals surface area contributed by atoms with Crippen molar-refractivity contribution in [3.8, 4) is 0 Å². The van der Waals surface area contributed by atoms with E-state index in [1.807, 2.05) is 0 Å². The lowest BCUT2D eigenvalue weighted by Crippen LogP contribution is -2.26. The molecule has 3 atom stereocenters. The average Bonchev–Trinajstić information content (AvgIpc) is 2.94. The van der Waals surface area contributed by atoms with Gasteiger partial charge in [0, 0.05) is 6.54 Å². The van der Waals surface area contributed by atoms with Crippen LogP contribution in [-0.2, 0) is 6.54 Å². The van der Waals surface area contributed by atoms with Crippen LogP contribution in [0.1, 0.15) is 36.8 Å². The van der Waals surface area contributed by atoms with Crippen molar-refractivity contribution >= 4 is 0 Å². The minimum atomic E-state index is 0.971. The Labute approximate surface area is 105 Å². The van der Waals surface area contributed by atoms with E-state index in [2.05, 4.69) is 36.5 Å². The van der Waals surface area contributed by atoms with Gasteiger partial charge in [-0.05, 0) is 56.0 Å². The maximum absolute atomic E-state index is 3.65. The van der Waals surface area contributed by atoms with E-state index in [0.717, 1.165) is 24.3 Å². The second-order valence-corrected chi connectivity index (χ2v) is 6.05. The van der Waals surface area contributed by atoms with Crippen molar-refractivity contribution < 1.29 is 0 Å². The van der Waals surface area contributed by atoms with Gasteiger partial charge in [0.2, 0.25) is 0 Å². The van der Waals surface area contributed by atoms with Crippen LogP contribution >= 0.6 is 0 Å². The van der Waals surface area contributed by atoms with Crippen molar-refractivity contribution in [3.63, 3.8) is 0 Å². The molecule has 3 rings (SSSR count). The molecule has 2 bridgehead atoms. The van der Waals surface area contributed by atoms with Crippen molar-refractivity contribution in [2.45, 2.75) is 39.2 Å². The fourth-order valence-electron chi connectivity index (χ4n) is 3.73. The highest BCUT2D eigenvalue weighted by Crippen LogP contribution is 2.47. The summed E-state index contributed by atoms with van der Waals surface area (Å²) in [4.78, 5) is 0. The summed E-state index contributed by atoms with van der Waals surface area (Å²) in [7, 11) is 0. The summed E-state index contributed by atoms with van der Waals surface area (Å²) in [5.74, 6) is 3.09. The Hall–Kier alpha value is -0.820. The third-order valence-corrected chi connectivity index (χ3v) is 4.74. The Morgan fingerprint density at radius 3 is 2.59 bits per heavy atom. The van der Waals surface area contributed by atoms with Gasteiger partial charge in [-0.25, -0.2) is 0 Å². The lowest BCUT2D eigenvalue weighted by atomic mass is 9.89. The summed E-state index contributed by atoms with van der Waals surface area (Å²) < 4.78 is 0. The highest BCUT2D eigenvalue weighted by atomic mass is 14.9. The van der Waals surface area contributed by atoms with E-state index in [1.165, 1.54) is 43.4 Å². The van der Waals surface area contributed by atoms with Crippen molar-refractivity contribution in [3.05, 3.63) is 35.4 Å². The standard InChI is InChI=1S/C16H23N/c1-12-2-4-13(5-3-12)10-17-11-16-9-14-6-7-15(16)8-14/h2-5,14-17H,6-11H2,1H3. The van der Waals surface area contributed by atoms with Gasteiger partial charge >= 0.3 is 0 Å². The molecule has 0 saturated heterocycles. The van der Waals surface area contributed by atoms with Gasteiger partial charge in [0.05, 0.1) is 0 Å². The first-order valence-corrected chi connectivity index (χ1v) is 7.07. The van der Waals surface area contributed by atoms with Gasteiger partial charge in [-0.3, -0.25) is 0 Å². The lowest BCUT2D eigenvalue weighted by Gasteiger charge is -2.21. The molecule has 1 heteroatoms. The molecule has 1 N–H and O–H groups in total. The van der Waals surface area contributed by atoms with E-state index >= 15 is 0 Å². The number of fused-ring (bicyclic) bond motifs is 2. The summed E-state index contributed by atoms with van der Waals surface area (Å²) in [6.45, 7) is 4.41. The number of benzene rings is 1. The molecule has 2 saturated carbocycles. The molecule has 0 radical (unpaired) electrons. The summed E-state index contributed by atoms with van der Waals surface area (Å²) in [5.41, 5.74) is 2.76. The molecule has 2 fully saturated rings. The largest absolute Gasteiger partial charge is 0.312 e. The molecule has 0 aliphatic heterocycles. The van der Waals surface area contributed by atoms with Gasteiger partial charge < -0.3 is 5.32 Å². The van der Waals surface area contributed by atoms with Crippen molar-refractivity contribution in [1.29, 1.82) is 0 Å². The van der Waals surface area contributed by atoms with Gasteiger partial charge in [0.1, 0.15) is 0 Å². The molecule has 0 aromatic heterocycles. The molecule has 0 amide bonds. The highest BCUT2D eigenvalue weighted by Gasteiger charge is 2.38. The number of rotatable bonds is 4. The normalized spacial score (nSPS) is 31.0. The molecule has 1 aromatic carbocycles. The van der Waals surface area contributed by atoms with E-state index < -0.39 is 0 Å². The molecule has 2 aliphatic carbocycles. The SMILES string of the molecule is Cc1ccc(CNCC2CC3CCC2C3)cc1. The summed E-state index contributed by atoms with van der Waals surface area (Å²) >= 11 is 0. The van der Waals surface area contributed by atoms with E-state index in [9.17, 15) is 0 Å². The second kappa shape index (κ2) is 4.81. The fraction of sp³-hybridized carbons (Fsp3) is 0.625. The highest BCUT2D eigenvalue weighted by molar-refractivity contribution is 5.21. The molecule has 0 spiro atoms. The van der Waals surface area contributed by atoms with E-state index in [1.54, 1.807) is 0 Å². The first-order chi connectivity index (χ1) is 8.31. The van der Waals surface area contributed by atoms with Crippen LogP contribution < -0.4 is 5.32 Å². The monoisotopic (exact) mass is 229 g/mol. The Kier molecular flexibility index (Phi) is 3.19. The Bertz CT molecular complexity index is 368. The van der Waals surface area contributed by atoms with Gasteiger partial charge in [0.25, 0.3) is 0 Å². The number of hydrogen-bond donors (Lipinski definition) is 1. The van der Waals surface area contributed by atoms with Crippen LogP contribution in [0.2, 0.25) is 0 Å². The molecule has 1 nitrogen and oxygen atoms in total. The fourth-order valence-corrected chi connectivity index (χ4v) is 3.73. The first-order valence-electron chi connectivity index (χ1n) is 7.07. The number of aryl methyl sites for hydroxylation is 1. The molecular formula is C16H23N. The second-order valence-electron chi connectivity index (χ2n) is 6.05. The Balaban J connectivity index is 1.45. The first kappa shape index (κ1) is 11.3. The third kappa shape index (κ3) is 2.55. The predicted molar refractivity (Wildman–Crippen MR) is 71.8 cm³/mol. The van der Waals surface area contributed by atoms with Crippen LogP contribution in [0.3, 0.4) is 0 Å². The van der Waals surface area contributed by atoms with E-state index in [-0.39, 0.29) is 0 Å². The number of hydrogen-bond acceptors (Lipinski definition) is 1. The van der Waals surface area contributed by atoms with E-state index in [4.69, 9.17) is 0 Å². The zero-order valence-electron chi connectivity index (χ0n) is 10.8. The minimum absolute atomic E-state index is 0.971. The van der Waals surface area contributed by atoms with Gasteiger partial charge in [0.15, 0.2) is 0 Å². The van der Waals surface area contributed by atoms with Gasteiger partial charge in [-0.15, -0.1) is 0 Å². The molecule has 17 heavy (non-hydrogen) atoms. The van der Waals surface area contributed by atoms with Crippen molar-refractivity contribution in [1.82, 2.24) is 5.32 Å². The molecule has 0 heterocycles. The van der Waals surface area contributed by atoms with Crippen LogP contribution in [0, 0.1) is 24.7 Å². The maximum atomic E-state index is 3.65. The van der Waals surface area contributed by atoms with Crippen molar-refractivity contribution in [2.24, 2.45) is 17.8 Å². The Morgan fingerprint density at radius 2 is 1.94 bits per heavy atom. The number of nitrogens with one attached hydrogen (secondary N) is 1. The van der Waals surface area contributed by atoms with Crippen LogP contribution in [0.4, 0.5) is 0 Å². The summed E-state index contributed by atoms with van der Waals surface area (Å²) in [6.07, 6.45) is 6.03. The topological polar surface area (TPSA) is 12.0 Å². The minimum Gasteiger partial charge on any atom is -0.312 e. The van der Waals surface area contributed by atoms with Crippen LogP contribution in [0.15, 0.2) is 24.3 Å². The summed E-state index contributed by atoms with van der Waals surface area (Å²) in [6, 6.07) is 8.88. The predicted octanol–water partition coefficient (Wildman–Crippen LogP) is 3.52. The van der Waals surface area contributed by atoms with Crippen LogP contribution in [0.5, 0.6) is 0 Å². The molecular weight excluding hydrogens is 206 g/mol. The quantitative estimate of drug-likeness (QED) is 0.833. The zero-order chi connectivity index (χ0) is 11.7.